The minimum Gasteiger partial charge on any atom is -0.356 e. The number of piperidine rings is 1. The molecule has 1 aliphatic heterocycles. The average Bonchev–Trinajstić information content (AvgIpc) is 2.15. The zero-order valence-corrected chi connectivity index (χ0v) is 11.3. The molecule has 0 bridgehead atoms. The number of nitrogens with zero attached hydrogens (tertiary/aromatic N) is 2. The molecule has 0 aromatic rings. The average molecular weight is 225 g/mol. The molecule has 0 aromatic carbocycles. The van der Waals surface area contributed by atoms with Crippen LogP contribution in [0.5, 0.6) is 0 Å². The first-order valence-electron chi connectivity index (χ1n) is 6.49. The molecule has 1 unspecified atom stereocenters. The van der Waals surface area contributed by atoms with Crippen LogP contribution in [0.1, 0.15) is 39.5 Å². The molecule has 0 radical (unpaired) electrons. The Labute approximate surface area is 100 Å². The van der Waals surface area contributed by atoms with Gasteiger partial charge in [-0.25, -0.2) is 0 Å². The maximum absolute atomic E-state index is 8.07. The lowest BCUT2D eigenvalue weighted by Gasteiger charge is -2.39. The summed E-state index contributed by atoms with van der Waals surface area (Å²) in [5, 5.41) is 8.07. The molecule has 0 saturated carbocycles. The van der Waals surface area contributed by atoms with E-state index in [0.717, 1.165) is 25.3 Å². The molecule has 94 valence electrons. The smallest absolute Gasteiger partial charge is 0.0960 e. The first-order chi connectivity index (χ1) is 7.50. The Bertz CT molecular complexity index is 213. The lowest BCUT2D eigenvalue weighted by atomic mass is 9.99. The zero-order valence-electron chi connectivity index (χ0n) is 11.3. The first kappa shape index (κ1) is 13.5. The second-order valence-electron chi connectivity index (χ2n) is 5.64. The van der Waals surface area contributed by atoms with E-state index in [2.05, 4.69) is 37.7 Å². The van der Waals surface area contributed by atoms with E-state index in [-0.39, 0.29) is 0 Å². The Morgan fingerprint density at radius 1 is 1.31 bits per heavy atom. The summed E-state index contributed by atoms with van der Waals surface area (Å²) >= 11 is 0. The fraction of sp³-hybridized carbons (Fsp3) is 0.923. The van der Waals surface area contributed by atoms with Gasteiger partial charge in [0.2, 0.25) is 0 Å². The van der Waals surface area contributed by atoms with Crippen LogP contribution in [0.25, 0.3) is 0 Å². The number of nitrogens with one attached hydrogen (secondary N) is 1. The SMILES string of the molecule is CC(C)CC(CN(C)C)N1CCCCC1=N. The van der Waals surface area contributed by atoms with Crippen LogP contribution in [-0.2, 0) is 0 Å². The van der Waals surface area contributed by atoms with Crippen LogP contribution in [0.3, 0.4) is 0 Å². The van der Waals surface area contributed by atoms with Gasteiger partial charge >= 0.3 is 0 Å². The number of likely N-dealkylation sites (N-methyl/N-ethyl adjacent to an activating group) is 1. The van der Waals surface area contributed by atoms with E-state index >= 15 is 0 Å². The second kappa shape index (κ2) is 6.24. The van der Waals surface area contributed by atoms with Crippen LogP contribution in [0, 0.1) is 11.3 Å². The van der Waals surface area contributed by atoms with Crippen molar-refractivity contribution in [1.82, 2.24) is 9.80 Å². The third-order valence-electron chi connectivity index (χ3n) is 3.17. The van der Waals surface area contributed by atoms with Crippen molar-refractivity contribution < 1.29 is 0 Å². The fourth-order valence-electron chi connectivity index (χ4n) is 2.52. The summed E-state index contributed by atoms with van der Waals surface area (Å²) in [5.74, 6) is 1.57. The van der Waals surface area contributed by atoms with Crippen molar-refractivity contribution in [3.8, 4) is 0 Å². The molecule has 16 heavy (non-hydrogen) atoms. The van der Waals surface area contributed by atoms with E-state index in [1.807, 2.05) is 0 Å². The van der Waals surface area contributed by atoms with Crippen molar-refractivity contribution in [2.45, 2.75) is 45.6 Å². The Morgan fingerprint density at radius 2 is 2.00 bits per heavy atom. The van der Waals surface area contributed by atoms with Crippen LogP contribution < -0.4 is 0 Å². The minimum atomic E-state index is 0.530. The van der Waals surface area contributed by atoms with Crippen molar-refractivity contribution in [2.75, 3.05) is 27.2 Å². The van der Waals surface area contributed by atoms with Gasteiger partial charge in [0.15, 0.2) is 0 Å². The molecule has 1 fully saturated rings. The minimum absolute atomic E-state index is 0.530. The van der Waals surface area contributed by atoms with Crippen molar-refractivity contribution in [3.63, 3.8) is 0 Å². The Kier molecular flexibility index (Phi) is 5.26. The van der Waals surface area contributed by atoms with Gasteiger partial charge in [0.25, 0.3) is 0 Å². The molecule has 0 amide bonds. The maximum Gasteiger partial charge on any atom is 0.0960 e. The topological polar surface area (TPSA) is 30.3 Å². The van der Waals surface area contributed by atoms with Crippen molar-refractivity contribution in [2.24, 2.45) is 5.92 Å². The monoisotopic (exact) mass is 225 g/mol. The molecule has 1 rings (SSSR count). The molecule has 0 aliphatic carbocycles. The lowest BCUT2D eigenvalue weighted by molar-refractivity contribution is 0.199. The van der Waals surface area contributed by atoms with E-state index in [1.165, 1.54) is 19.3 Å². The first-order valence-corrected chi connectivity index (χ1v) is 6.49. The molecule has 3 nitrogen and oxygen atoms in total. The van der Waals surface area contributed by atoms with Gasteiger partial charge in [0, 0.05) is 25.6 Å². The van der Waals surface area contributed by atoms with Crippen LogP contribution in [0.2, 0.25) is 0 Å². The zero-order chi connectivity index (χ0) is 12.1. The van der Waals surface area contributed by atoms with Crippen molar-refractivity contribution in [3.05, 3.63) is 0 Å². The molecule has 1 aliphatic rings. The van der Waals surface area contributed by atoms with Gasteiger partial charge in [-0.2, -0.15) is 0 Å². The predicted molar refractivity (Wildman–Crippen MR) is 70.1 cm³/mol. The summed E-state index contributed by atoms with van der Waals surface area (Å²) in [5.41, 5.74) is 0. The lowest BCUT2D eigenvalue weighted by Crippen LogP contribution is -2.48. The van der Waals surface area contributed by atoms with Gasteiger partial charge < -0.3 is 9.80 Å². The normalized spacial score (nSPS) is 19.6. The molecule has 1 atom stereocenters. The molecule has 1 heterocycles. The highest BCUT2D eigenvalue weighted by Gasteiger charge is 2.24. The summed E-state index contributed by atoms with van der Waals surface area (Å²) in [6.07, 6.45) is 4.62. The number of hydrogen-bond donors (Lipinski definition) is 1. The summed E-state index contributed by atoms with van der Waals surface area (Å²) in [4.78, 5) is 4.58. The third kappa shape index (κ3) is 4.12. The fourth-order valence-corrected chi connectivity index (χ4v) is 2.52. The Morgan fingerprint density at radius 3 is 2.50 bits per heavy atom. The van der Waals surface area contributed by atoms with Gasteiger partial charge in [-0.1, -0.05) is 13.8 Å². The summed E-state index contributed by atoms with van der Waals surface area (Å²) < 4.78 is 0. The highest BCUT2D eigenvalue weighted by molar-refractivity contribution is 5.80. The van der Waals surface area contributed by atoms with Gasteiger partial charge in [-0.15, -0.1) is 0 Å². The van der Waals surface area contributed by atoms with E-state index < -0.39 is 0 Å². The quantitative estimate of drug-likeness (QED) is 0.779. The van der Waals surface area contributed by atoms with Crippen LogP contribution in [-0.4, -0.2) is 48.9 Å². The van der Waals surface area contributed by atoms with Crippen molar-refractivity contribution in [1.29, 1.82) is 5.41 Å². The molecule has 3 heteroatoms. The van der Waals surface area contributed by atoms with Gasteiger partial charge in [0.1, 0.15) is 0 Å². The Hall–Kier alpha value is -0.570. The molecule has 0 aromatic heterocycles. The molecular weight excluding hydrogens is 198 g/mol. The number of amidine groups is 1. The number of hydrogen-bond acceptors (Lipinski definition) is 2. The van der Waals surface area contributed by atoms with Gasteiger partial charge in [-0.3, -0.25) is 5.41 Å². The maximum atomic E-state index is 8.07. The summed E-state index contributed by atoms with van der Waals surface area (Å²) in [6.45, 7) is 6.71. The highest BCUT2D eigenvalue weighted by Crippen LogP contribution is 2.19. The molecule has 1 N–H and O–H groups in total. The third-order valence-corrected chi connectivity index (χ3v) is 3.17. The molecular formula is C13H27N3. The van der Waals surface area contributed by atoms with E-state index in [4.69, 9.17) is 5.41 Å². The number of rotatable bonds is 5. The summed E-state index contributed by atoms with van der Waals surface area (Å²) in [6, 6.07) is 0.530. The molecule has 0 spiro atoms. The van der Waals surface area contributed by atoms with Crippen molar-refractivity contribution >= 4 is 5.84 Å². The van der Waals surface area contributed by atoms with Crippen LogP contribution in [0.15, 0.2) is 0 Å². The Balaban J connectivity index is 2.61. The predicted octanol–water partition coefficient (Wildman–Crippen LogP) is 2.43. The van der Waals surface area contributed by atoms with E-state index in [0.29, 0.717) is 12.0 Å². The van der Waals surface area contributed by atoms with Crippen LogP contribution >= 0.6 is 0 Å². The standard InChI is InChI=1S/C13H27N3/c1-11(2)9-12(10-15(3)4)16-8-6-5-7-13(16)14/h11-12,14H,5-10H2,1-4H3. The van der Waals surface area contributed by atoms with Gasteiger partial charge in [-0.05, 0) is 39.3 Å². The van der Waals surface area contributed by atoms with E-state index in [9.17, 15) is 0 Å². The van der Waals surface area contributed by atoms with Crippen LogP contribution in [0.4, 0.5) is 0 Å². The summed E-state index contributed by atoms with van der Waals surface area (Å²) in [7, 11) is 4.25. The highest BCUT2D eigenvalue weighted by atomic mass is 15.2. The number of likely N-dealkylation sites (tertiary alicyclic amines) is 1. The van der Waals surface area contributed by atoms with E-state index in [1.54, 1.807) is 0 Å². The molecule has 1 saturated heterocycles. The van der Waals surface area contributed by atoms with Gasteiger partial charge in [0.05, 0.1) is 5.84 Å². The largest absolute Gasteiger partial charge is 0.356 e. The second-order valence-corrected chi connectivity index (χ2v) is 5.64.